The number of aryl methyl sites for hydroxylation is 1. The number of hydrogen-bond donors (Lipinski definition) is 1. The quantitative estimate of drug-likeness (QED) is 0.663. The van der Waals surface area contributed by atoms with Gasteiger partial charge in [0.1, 0.15) is 5.82 Å². The Hall–Kier alpha value is -3.19. The molecular formula is C23H24ClN5O2. The third-order valence-corrected chi connectivity index (χ3v) is 5.84. The number of nitrogens with zero attached hydrogens (tertiary/aromatic N) is 4. The molecule has 0 aliphatic carbocycles. The van der Waals surface area contributed by atoms with E-state index in [2.05, 4.69) is 19.9 Å². The highest BCUT2D eigenvalue weighted by atomic mass is 35.5. The molecule has 1 amide bonds. The lowest BCUT2D eigenvalue weighted by atomic mass is 10.1. The normalized spacial score (nSPS) is 14.0. The van der Waals surface area contributed by atoms with Crippen LogP contribution in [0.4, 0.5) is 5.69 Å². The molecule has 1 aliphatic rings. The number of aromatic nitrogens is 3. The highest BCUT2D eigenvalue weighted by Crippen LogP contribution is 2.20. The Labute approximate surface area is 185 Å². The number of anilines is 1. The van der Waals surface area contributed by atoms with Gasteiger partial charge in [-0.15, -0.1) is 0 Å². The molecule has 31 heavy (non-hydrogen) atoms. The molecule has 3 aromatic rings. The lowest BCUT2D eigenvalue weighted by Gasteiger charge is -2.36. The van der Waals surface area contributed by atoms with Gasteiger partial charge < -0.3 is 14.8 Å². The maximum atomic E-state index is 12.7. The minimum absolute atomic E-state index is 0.0627. The topological polar surface area (TPSA) is 82.2 Å². The van der Waals surface area contributed by atoms with E-state index in [1.807, 2.05) is 36.1 Å². The van der Waals surface area contributed by atoms with Crippen LogP contribution in [0.25, 0.3) is 11.4 Å². The van der Waals surface area contributed by atoms with Gasteiger partial charge >= 0.3 is 0 Å². The van der Waals surface area contributed by atoms with E-state index in [0.717, 1.165) is 24.3 Å². The third-order valence-electron chi connectivity index (χ3n) is 5.59. The van der Waals surface area contributed by atoms with Gasteiger partial charge in [-0.05, 0) is 49.7 Å². The average molecular weight is 438 g/mol. The number of piperazine rings is 1. The van der Waals surface area contributed by atoms with Gasteiger partial charge in [0.2, 0.25) is 5.91 Å². The molecule has 1 N–H and O–H groups in total. The van der Waals surface area contributed by atoms with Gasteiger partial charge in [0.05, 0.1) is 0 Å². The Kier molecular flexibility index (Phi) is 6.32. The molecule has 8 heteroatoms. The highest BCUT2D eigenvalue weighted by Gasteiger charge is 2.22. The predicted octanol–water partition coefficient (Wildman–Crippen LogP) is 3.08. The molecule has 0 bridgehead atoms. The number of carbonyl (C=O) groups is 1. The number of nitrogens with one attached hydrogen (secondary N) is 1. The van der Waals surface area contributed by atoms with Crippen LogP contribution >= 0.6 is 11.6 Å². The highest BCUT2D eigenvalue weighted by molar-refractivity contribution is 6.30. The summed E-state index contributed by atoms with van der Waals surface area (Å²) in [7, 11) is 0. The number of amides is 1. The molecule has 3 heterocycles. The summed E-state index contributed by atoms with van der Waals surface area (Å²) < 4.78 is 0. The van der Waals surface area contributed by atoms with Gasteiger partial charge in [0.15, 0.2) is 0 Å². The van der Waals surface area contributed by atoms with Crippen LogP contribution in [0.15, 0.2) is 53.6 Å². The van der Waals surface area contributed by atoms with Gasteiger partial charge in [-0.25, -0.2) is 4.98 Å². The number of halogens is 1. The summed E-state index contributed by atoms with van der Waals surface area (Å²) in [5.41, 5.74) is 2.93. The van der Waals surface area contributed by atoms with E-state index in [-0.39, 0.29) is 11.5 Å². The van der Waals surface area contributed by atoms with E-state index in [0.29, 0.717) is 48.0 Å². The molecule has 2 aromatic heterocycles. The Balaban J connectivity index is 1.35. The van der Waals surface area contributed by atoms with Crippen LogP contribution < -0.4 is 10.5 Å². The number of pyridine rings is 1. The molecule has 1 fully saturated rings. The van der Waals surface area contributed by atoms with Crippen molar-refractivity contribution in [3.8, 4) is 11.4 Å². The van der Waals surface area contributed by atoms with E-state index < -0.39 is 0 Å². The van der Waals surface area contributed by atoms with E-state index in [9.17, 15) is 9.59 Å². The molecule has 1 saturated heterocycles. The number of H-pyrrole nitrogens is 1. The van der Waals surface area contributed by atoms with Crippen molar-refractivity contribution in [1.82, 2.24) is 19.9 Å². The monoisotopic (exact) mass is 437 g/mol. The minimum Gasteiger partial charge on any atom is -0.368 e. The molecule has 0 spiro atoms. The summed E-state index contributed by atoms with van der Waals surface area (Å²) in [5.74, 6) is 0.575. The fourth-order valence-corrected chi connectivity index (χ4v) is 3.93. The standard InChI is InChI=1S/C23H24ClN5O2/c1-16-20(23(31)27-22(26-16)17-8-10-25-11-9-17)6-7-21(30)29-14-12-28(13-15-29)19-4-2-18(24)3-5-19/h2-5,8-11H,6-7,12-15H2,1H3,(H,26,27,31). The number of hydrogen-bond acceptors (Lipinski definition) is 5. The van der Waals surface area contributed by atoms with Crippen LogP contribution in [0.3, 0.4) is 0 Å². The molecule has 0 saturated carbocycles. The first-order chi connectivity index (χ1) is 15.0. The summed E-state index contributed by atoms with van der Waals surface area (Å²) in [4.78, 5) is 40.8. The van der Waals surface area contributed by atoms with Crippen LogP contribution in [0.5, 0.6) is 0 Å². The van der Waals surface area contributed by atoms with Crippen molar-refractivity contribution in [1.29, 1.82) is 0 Å². The van der Waals surface area contributed by atoms with E-state index in [4.69, 9.17) is 11.6 Å². The number of aromatic amines is 1. The lowest BCUT2D eigenvalue weighted by Crippen LogP contribution is -2.48. The van der Waals surface area contributed by atoms with E-state index in [1.54, 1.807) is 24.5 Å². The molecule has 7 nitrogen and oxygen atoms in total. The Bertz CT molecular complexity index is 1110. The van der Waals surface area contributed by atoms with E-state index >= 15 is 0 Å². The molecule has 1 aliphatic heterocycles. The number of benzene rings is 1. The van der Waals surface area contributed by atoms with Crippen LogP contribution in [0.2, 0.25) is 5.02 Å². The first kappa shape index (κ1) is 21.1. The third kappa shape index (κ3) is 4.94. The zero-order chi connectivity index (χ0) is 21.8. The first-order valence-corrected chi connectivity index (χ1v) is 10.7. The Morgan fingerprint density at radius 2 is 1.74 bits per heavy atom. The molecule has 0 radical (unpaired) electrons. The first-order valence-electron chi connectivity index (χ1n) is 10.3. The van der Waals surface area contributed by atoms with Crippen LogP contribution in [-0.2, 0) is 11.2 Å². The van der Waals surface area contributed by atoms with Crippen molar-refractivity contribution >= 4 is 23.2 Å². The van der Waals surface area contributed by atoms with Gasteiger partial charge in [0, 0.05) is 72.5 Å². The van der Waals surface area contributed by atoms with Crippen molar-refractivity contribution in [3.05, 3.63) is 75.4 Å². The van der Waals surface area contributed by atoms with Crippen molar-refractivity contribution in [3.63, 3.8) is 0 Å². The zero-order valence-electron chi connectivity index (χ0n) is 17.3. The van der Waals surface area contributed by atoms with E-state index in [1.165, 1.54) is 0 Å². The predicted molar refractivity (Wildman–Crippen MR) is 121 cm³/mol. The summed E-state index contributed by atoms with van der Waals surface area (Å²) in [5, 5.41) is 0.714. The average Bonchev–Trinajstić information content (AvgIpc) is 2.79. The summed E-state index contributed by atoms with van der Waals surface area (Å²) >= 11 is 5.96. The fourth-order valence-electron chi connectivity index (χ4n) is 3.81. The molecule has 4 rings (SSSR count). The van der Waals surface area contributed by atoms with Crippen LogP contribution in [-0.4, -0.2) is 51.9 Å². The zero-order valence-corrected chi connectivity index (χ0v) is 18.1. The van der Waals surface area contributed by atoms with Gasteiger partial charge in [0.25, 0.3) is 5.56 Å². The lowest BCUT2D eigenvalue weighted by molar-refractivity contribution is -0.131. The summed E-state index contributed by atoms with van der Waals surface area (Å²) in [6, 6.07) is 11.3. The van der Waals surface area contributed by atoms with Crippen molar-refractivity contribution in [2.75, 3.05) is 31.1 Å². The number of rotatable bonds is 5. The van der Waals surface area contributed by atoms with Gasteiger partial charge in [-0.2, -0.15) is 0 Å². The molecule has 0 atom stereocenters. The van der Waals surface area contributed by atoms with Gasteiger partial charge in [-0.3, -0.25) is 14.6 Å². The molecule has 160 valence electrons. The molecule has 1 aromatic carbocycles. The molecule has 0 unspecified atom stereocenters. The summed E-state index contributed by atoms with van der Waals surface area (Å²) in [6.07, 6.45) is 3.98. The maximum absolute atomic E-state index is 12.7. The van der Waals surface area contributed by atoms with Gasteiger partial charge in [-0.1, -0.05) is 11.6 Å². The van der Waals surface area contributed by atoms with Crippen LogP contribution in [0.1, 0.15) is 17.7 Å². The Morgan fingerprint density at radius 3 is 2.39 bits per heavy atom. The van der Waals surface area contributed by atoms with Crippen LogP contribution in [0, 0.1) is 6.92 Å². The van der Waals surface area contributed by atoms with Crippen molar-refractivity contribution < 1.29 is 4.79 Å². The SMILES string of the molecule is Cc1nc(-c2ccncc2)[nH]c(=O)c1CCC(=O)N1CCN(c2ccc(Cl)cc2)CC1. The largest absolute Gasteiger partial charge is 0.368 e. The Morgan fingerprint density at radius 1 is 1.06 bits per heavy atom. The second-order valence-corrected chi connectivity index (χ2v) is 8.00. The van der Waals surface area contributed by atoms with Crippen molar-refractivity contribution in [2.45, 2.75) is 19.8 Å². The maximum Gasteiger partial charge on any atom is 0.254 e. The summed E-state index contributed by atoms with van der Waals surface area (Å²) in [6.45, 7) is 4.68. The fraction of sp³-hybridized carbons (Fsp3) is 0.304. The second kappa shape index (κ2) is 9.31. The second-order valence-electron chi connectivity index (χ2n) is 7.56. The molecular weight excluding hydrogens is 414 g/mol. The van der Waals surface area contributed by atoms with Crippen molar-refractivity contribution in [2.24, 2.45) is 0 Å². The minimum atomic E-state index is -0.195. The smallest absolute Gasteiger partial charge is 0.254 e. The number of carbonyl (C=O) groups excluding carboxylic acids is 1.